The lowest BCUT2D eigenvalue weighted by Gasteiger charge is -2.38. The predicted octanol–water partition coefficient (Wildman–Crippen LogP) is 1.93. The highest BCUT2D eigenvalue weighted by Gasteiger charge is 2.36. The molecule has 0 radical (unpaired) electrons. The zero-order chi connectivity index (χ0) is 14.7. The molecule has 1 aromatic rings. The molecule has 1 aromatic carbocycles. The SMILES string of the molecule is CN1CCN(C(=O)[C@@H]2CCCO[C@H]2c2ccccc2)CC1. The van der Waals surface area contributed by atoms with Gasteiger partial charge in [-0.05, 0) is 25.5 Å². The van der Waals surface area contributed by atoms with Gasteiger partial charge in [-0.3, -0.25) is 4.79 Å². The Labute approximate surface area is 126 Å². The molecule has 0 spiro atoms. The van der Waals surface area contributed by atoms with E-state index in [-0.39, 0.29) is 17.9 Å². The van der Waals surface area contributed by atoms with E-state index in [1.165, 1.54) is 0 Å². The highest BCUT2D eigenvalue weighted by molar-refractivity contribution is 5.80. The maximum absolute atomic E-state index is 12.9. The van der Waals surface area contributed by atoms with Crippen molar-refractivity contribution in [1.29, 1.82) is 0 Å². The molecule has 4 heteroatoms. The van der Waals surface area contributed by atoms with Gasteiger partial charge in [0.2, 0.25) is 5.91 Å². The zero-order valence-corrected chi connectivity index (χ0v) is 12.7. The lowest BCUT2D eigenvalue weighted by molar-refractivity contribution is -0.147. The number of benzene rings is 1. The summed E-state index contributed by atoms with van der Waals surface area (Å²) in [6.45, 7) is 4.37. The molecule has 4 nitrogen and oxygen atoms in total. The molecule has 1 amide bonds. The summed E-state index contributed by atoms with van der Waals surface area (Å²) < 4.78 is 5.95. The highest BCUT2D eigenvalue weighted by Crippen LogP contribution is 2.34. The summed E-state index contributed by atoms with van der Waals surface area (Å²) in [5.41, 5.74) is 1.13. The number of amides is 1. The monoisotopic (exact) mass is 288 g/mol. The van der Waals surface area contributed by atoms with Crippen molar-refractivity contribution in [2.24, 2.45) is 5.92 Å². The van der Waals surface area contributed by atoms with E-state index in [0.29, 0.717) is 0 Å². The van der Waals surface area contributed by atoms with Crippen molar-refractivity contribution in [3.05, 3.63) is 35.9 Å². The average Bonchev–Trinajstić information content (AvgIpc) is 2.56. The van der Waals surface area contributed by atoms with Crippen LogP contribution in [0.1, 0.15) is 24.5 Å². The quantitative estimate of drug-likeness (QED) is 0.833. The van der Waals surface area contributed by atoms with Gasteiger partial charge in [0.05, 0.1) is 12.0 Å². The standard InChI is InChI=1S/C17H24N2O2/c1-18-9-11-19(12-10-18)17(20)15-8-5-13-21-16(15)14-6-3-2-4-7-14/h2-4,6-7,15-16H,5,8-13H2,1H3/t15-,16+/m1/s1. The number of rotatable bonds is 2. The van der Waals surface area contributed by atoms with Crippen molar-refractivity contribution < 1.29 is 9.53 Å². The Kier molecular flexibility index (Phi) is 4.56. The number of ether oxygens (including phenoxy) is 1. The summed E-state index contributed by atoms with van der Waals surface area (Å²) in [6, 6.07) is 10.2. The van der Waals surface area contributed by atoms with Gasteiger partial charge in [-0.2, -0.15) is 0 Å². The van der Waals surface area contributed by atoms with Gasteiger partial charge in [-0.25, -0.2) is 0 Å². The minimum atomic E-state index is -0.0768. The number of likely N-dealkylation sites (N-methyl/N-ethyl adjacent to an activating group) is 1. The van der Waals surface area contributed by atoms with Crippen molar-refractivity contribution in [3.8, 4) is 0 Å². The molecule has 2 heterocycles. The van der Waals surface area contributed by atoms with E-state index >= 15 is 0 Å². The van der Waals surface area contributed by atoms with E-state index in [9.17, 15) is 4.79 Å². The van der Waals surface area contributed by atoms with E-state index in [4.69, 9.17) is 4.74 Å². The third kappa shape index (κ3) is 3.27. The number of carbonyl (C=O) groups is 1. The van der Waals surface area contributed by atoms with E-state index in [1.807, 2.05) is 23.1 Å². The first-order valence-electron chi connectivity index (χ1n) is 7.89. The van der Waals surface area contributed by atoms with Gasteiger partial charge in [0.15, 0.2) is 0 Å². The first kappa shape index (κ1) is 14.5. The number of hydrogen-bond acceptors (Lipinski definition) is 3. The molecule has 2 aliphatic rings. The second-order valence-corrected chi connectivity index (χ2v) is 6.08. The lowest BCUT2D eigenvalue weighted by Crippen LogP contribution is -2.50. The number of carbonyl (C=O) groups excluding carboxylic acids is 1. The molecule has 114 valence electrons. The molecule has 0 bridgehead atoms. The minimum Gasteiger partial charge on any atom is -0.373 e. The fraction of sp³-hybridized carbons (Fsp3) is 0.588. The second-order valence-electron chi connectivity index (χ2n) is 6.08. The Balaban J connectivity index is 1.73. The van der Waals surface area contributed by atoms with Gasteiger partial charge in [0.25, 0.3) is 0 Å². The first-order chi connectivity index (χ1) is 10.3. The van der Waals surface area contributed by atoms with E-state index in [1.54, 1.807) is 0 Å². The maximum Gasteiger partial charge on any atom is 0.228 e. The van der Waals surface area contributed by atoms with Crippen molar-refractivity contribution >= 4 is 5.91 Å². The number of piperazine rings is 1. The Hall–Kier alpha value is -1.39. The summed E-state index contributed by atoms with van der Waals surface area (Å²) in [5, 5.41) is 0. The minimum absolute atomic E-state index is 0.0236. The van der Waals surface area contributed by atoms with Crippen molar-refractivity contribution in [1.82, 2.24) is 9.80 Å². The van der Waals surface area contributed by atoms with Gasteiger partial charge < -0.3 is 14.5 Å². The number of hydrogen-bond donors (Lipinski definition) is 0. The first-order valence-corrected chi connectivity index (χ1v) is 7.89. The molecule has 0 N–H and O–H groups in total. The molecule has 2 saturated heterocycles. The predicted molar refractivity (Wildman–Crippen MR) is 81.9 cm³/mol. The largest absolute Gasteiger partial charge is 0.373 e. The molecular formula is C17H24N2O2. The van der Waals surface area contributed by atoms with Crippen LogP contribution >= 0.6 is 0 Å². The molecule has 2 atom stereocenters. The van der Waals surface area contributed by atoms with Crippen LogP contribution in [0.5, 0.6) is 0 Å². The average molecular weight is 288 g/mol. The van der Waals surface area contributed by atoms with Crippen LogP contribution in [-0.4, -0.2) is 55.5 Å². The molecule has 3 rings (SSSR count). The highest BCUT2D eigenvalue weighted by atomic mass is 16.5. The Morgan fingerprint density at radius 2 is 1.86 bits per heavy atom. The van der Waals surface area contributed by atoms with Crippen LogP contribution in [0.4, 0.5) is 0 Å². The fourth-order valence-electron chi connectivity index (χ4n) is 3.27. The van der Waals surface area contributed by atoms with E-state index in [0.717, 1.165) is 51.2 Å². The topological polar surface area (TPSA) is 32.8 Å². The lowest BCUT2D eigenvalue weighted by atomic mass is 9.88. The molecule has 0 unspecified atom stereocenters. The maximum atomic E-state index is 12.9. The van der Waals surface area contributed by atoms with Crippen molar-refractivity contribution in [2.45, 2.75) is 18.9 Å². The molecule has 0 aliphatic carbocycles. The molecule has 0 aromatic heterocycles. The summed E-state index contributed by atoms with van der Waals surface area (Å²) >= 11 is 0. The molecular weight excluding hydrogens is 264 g/mol. The summed E-state index contributed by atoms with van der Waals surface area (Å²) in [5.74, 6) is 0.251. The van der Waals surface area contributed by atoms with Crippen molar-refractivity contribution in [2.75, 3.05) is 39.8 Å². The normalized spacial score (nSPS) is 27.6. The van der Waals surface area contributed by atoms with Crippen LogP contribution in [0.2, 0.25) is 0 Å². The second kappa shape index (κ2) is 6.58. The van der Waals surface area contributed by atoms with Gasteiger partial charge in [-0.1, -0.05) is 30.3 Å². The molecule has 2 fully saturated rings. The zero-order valence-electron chi connectivity index (χ0n) is 12.7. The Morgan fingerprint density at radius 3 is 2.57 bits per heavy atom. The van der Waals surface area contributed by atoms with Crippen LogP contribution in [-0.2, 0) is 9.53 Å². The molecule has 2 aliphatic heterocycles. The Bertz CT molecular complexity index is 469. The molecule has 21 heavy (non-hydrogen) atoms. The van der Waals surface area contributed by atoms with Crippen LogP contribution in [0, 0.1) is 5.92 Å². The van der Waals surface area contributed by atoms with Gasteiger partial charge in [-0.15, -0.1) is 0 Å². The van der Waals surface area contributed by atoms with Crippen molar-refractivity contribution in [3.63, 3.8) is 0 Å². The molecule has 0 saturated carbocycles. The number of nitrogens with zero attached hydrogens (tertiary/aromatic N) is 2. The Morgan fingerprint density at radius 1 is 1.14 bits per heavy atom. The summed E-state index contributed by atoms with van der Waals surface area (Å²) in [6.07, 6.45) is 1.84. The third-order valence-corrected chi connectivity index (χ3v) is 4.58. The van der Waals surface area contributed by atoms with Gasteiger partial charge in [0, 0.05) is 32.8 Å². The fourth-order valence-corrected chi connectivity index (χ4v) is 3.27. The van der Waals surface area contributed by atoms with E-state index in [2.05, 4.69) is 24.1 Å². The van der Waals surface area contributed by atoms with Crippen LogP contribution in [0.3, 0.4) is 0 Å². The van der Waals surface area contributed by atoms with E-state index < -0.39 is 0 Å². The third-order valence-electron chi connectivity index (χ3n) is 4.58. The van der Waals surface area contributed by atoms with Crippen LogP contribution in [0.25, 0.3) is 0 Å². The van der Waals surface area contributed by atoms with Crippen LogP contribution < -0.4 is 0 Å². The van der Waals surface area contributed by atoms with Gasteiger partial charge in [0.1, 0.15) is 0 Å². The summed E-state index contributed by atoms with van der Waals surface area (Å²) in [7, 11) is 2.11. The summed E-state index contributed by atoms with van der Waals surface area (Å²) in [4.78, 5) is 17.2. The van der Waals surface area contributed by atoms with Crippen LogP contribution in [0.15, 0.2) is 30.3 Å². The van der Waals surface area contributed by atoms with Gasteiger partial charge >= 0.3 is 0 Å². The smallest absolute Gasteiger partial charge is 0.228 e.